The Kier molecular flexibility index (Phi) is 8.06. The lowest BCUT2D eigenvalue weighted by Gasteiger charge is -2.50. The predicted octanol–water partition coefficient (Wildman–Crippen LogP) is 2.13. The van der Waals surface area contributed by atoms with Crippen LogP contribution in [0.15, 0.2) is 53.0 Å². The number of allylic oxidation sites excluding steroid dienone is 1. The number of carbonyl (C=O) groups is 4. The maximum absolute atomic E-state index is 14.1. The molecule has 7 N–H and O–H groups in total. The molecule has 45 heavy (non-hydrogen) atoms. The summed E-state index contributed by atoms with van der Waals surface area (Å²) in [6.45, 7) is -0.241. The van der Waals surface area contributed by atoms with Crippen LogP contribution in [0.1, 0.15) is 27.9 Å². The van der Waals surface area contributed by atoms with E-state index >= 15 is 0 Å². The van der Waals surface area contributed by atoms with Crippen LogP contribution in [0.5, 0.6) is 11.5 Å². The van der Waals surface area contributed by atoms with Gasteiger partial charge in [0.2, 0.25) is 5.78 Å². The molecular formula is C31H33ClN4O9. The molecule has 2 aromatic rings. The zero-order valence-electron chi connectivity index (χ0n) is 24.9. The number of Topliss-reactive ketones (excluding diaryl/α,β-unsaturated/α-hetero) is 2. The summed E-state index contributed by atoms with van der Waals surface area (Å²) in [6, 6.07) is 6.63. The summed E-state index contributed by atoms with van der Waals surface area (Å²) in [5.41, 5.74) is 2.51. The molecule has 5 rings (SSSR count). The SMILES string of the molecule is CN(C)c1cc(CNC(=O)Oc2ccc(Cl)cc2)c(O)c2c1C[C@H]1C[C@H]3[C@H](N(C)C)C(O)=C(C(N)=O)C(=O)[C@@]3(O)C(O)=C1C2=O. The van der Waals surface area contributed by atoms with Crippen molar-refractivity contribution in [3.63, 3.8) is 0 Å². The highest BCUT2D eigenvalue weighted by Gasteiger charge is 2.63. The van der Waals surface area contributed by atoms with Gasteiger partial charge in [0, 0.05) is 48.4 Å². The molecule has 0 aromatic heterocycles. The summed E-state index contributed by atoms with van der Waals surface area (Å²) < 4.78 is 5.23. The summed E-state index contributed by atoms with van der Waals surface area (Å²) in [7, 11) is 6.61. The normalized spacial score (nSPS) is 24.2. The lowest BCUT2D eigenvalue weighted by Crippen LogP contribution is -2.63. The molecule has 4 atom stereocenters. The van der Waals surface area contributed by atoms with E-state index in [1.165, 1.54) is 17.0 Å². The van der Waals surface area contributed by atoms with Crippen molar-refractivity contribution in [1.82, 2.24) is 10.2 Å². The standard InChI is InChI=1S/C31H33ClN4O9/c1-35(2)19-11-14(12-34-30(43)45-16-7-5-15(32)6-8-16)24(37)21-17(19)9-13-10-18-23(36(3)4)26(39)22(29(33)42)28(41)31(18,44)27(40)20(13)25(21)38/h5-8,11,13,18,23,37,39-40,44H,9-10,12H2,1-4H3,(H2,33,42)(H,34,43)/t13-,18-,23-,31-/m0/s1. The van der Waals surface area contributed by atoms with Gasteiger partial charge in [0.15, 0.2) is 11.4 Å². The minimum absolute atomic E-state index is 0.0285. The van der Waals surface area contributed by atoms with E-state index in [1.54, 1.807) is 51.3 Å². The molecule has 238 valence electrons. The van der Waals surface area contributed by atoms with Gasteiger partial charge in [0.05, 0.1) is 11.6 Å². The van der Waals surface area contributed by atoms with Crippen LogP contribution in [-0.4, -0.2) is 88.7 Å². The number of amides is 2. The summed E-state index contributed by atoms with van der Waals surface area (Å²) in [5.74, 6) is -7.10. The van der Waals surface area contributed by atoms with Crippen molar-refractivity contribution in [3.8, 4) is 11.5 Å². The molecule has 0 saturated carbocycles. The Morgan fingerprint density at radius 3 is 2.33 bits per heavy atom. The number of hydrogen-bond acceptors (Lipinski definition) is 11. The molecule has 14 heteroatoms. The van der Waals surface area contributed by atoms with Gasteiger partial charge in [0.25, 0.3) is 5.91 Å². The number of ether oxygens (including phenoxy) is 1. The molecule has 0 bridgehead atoms. The number of nitrogens with one attached hydrogen (secondary N) is 1. The number of hydrogen-bond donors (Lipinski definition) is 6. The fourth-order valence-electron chi connectivity index (χ4n) is 6.70. The van der Waals surface area contributed by atoms with Gasteiger partial charge in [-0.05, 0) is 68.8 Å². The van der Waals surface area contributed by atoms with Gasteiger partial charge in [-0.1, -0.05) is 11.6 Å². The van der Waals surface area contributed by atoms with Gasteiger partial charge in [-0.15, -0.1) is 0 Å². The average molecular weight is 641 g/mol. The first-order chi connectivity index (χ1) is 21.1. The highest BCUT2D eigenvalue weighted by molar-refractivity contribution is 6.30. The van der Waals surface area contributed by atoms with E-state index in [0.717, 1.165) is 0 Å². The van der Waals surface area contributed by atoms with E-state index in [2.05, 4.69) is 5.32 Å². The first-order valence-electron chi connectivity index (χ1n) is 14.0. The molecule has 2 amide bonds. The molecule has 0 unspecified atom stereocenters. The molecular weight excluding hydrogens is 608 g/mol. The smallest absolute Gasteiger partial charge is 0.412 e. The third kappa shape index (κ3) is 5.06. The summed E-state index contributed by atoms with van der Waals surface area (Å²) in [6.07, 6.45) is -0.734. The Morgan fingerprint density at radius 2 is 1.76 bits per heavy atom. The third-order valence-electron chi connectivity index (χ3n) is 8.71. The summed E-state index contributed by atoms with van der Waals surface area (Å²) in [5, 5.41) is 48.6. The molecule has 0 aliphatic heterocycles. The number of fused-ring (bicyclic) bond motifs is 3. The maximum atomic E-state index is 14.1. The van der Waals surface area contributed by atoms with Crippen molar-refractivity contribution in [2.75, 3.05) is 33.1 Å². The number of halogens is 1. The van der Waals surface area contributed by atoms with Gasteiger partial charge in [-0.25, -0.2) is 4.79 Å². The van der Waals surface area contributed by atoms with E-state index in [1.807, 2.05) is 0 Å². The molecule has 13 nitrogen and oxygen atoms in total. The Morgan fingerprint density at radius 1 is 1.11 bits per heavy atom. The molecule has 0 radical (unpaired) electrons. The van der Waals surface area contributed by atoms with E-state index in [9.17, 15) is 39.6 Å². The van der Waals surface area contributed by atoms with Crippen LogP contribution in [0.4, 0.5) is 10.5 Å². The number of ketones is 2. The van der Waals surface area contributed by atoms with Crippen LogP contribution in [0.2, 0.25) is 5.02 Å². The second-order valence-corrected chi connectivity index (χ2v) is 12.2. The minimum atomic E-state index is -2.74. The number of carbonyl (C=O) groups excluding carboxylic acids is 4. The first-order valence-corrected chi connectivity index (χ1v) is 14.4. The van der Waals surface area contributed by atoms with Gasteiger partial charge < -0.3 is 41.1 Å². The number of anilines is 1. The lowest BCUT2D eigenvalue weighted by molar-refractivity contribution is -0.148. The fraction of sp³-hybridized carbons (Fsp3) is 0.355. The molecule has 3 aliphatic rings. The molecule has 2 aromatic carbocycles. The number of likely N-dealkylation sites (N-methyl/N-ethyl adjacent to an activating group) is 1. The number of benzene rings is 2. The number of nitrogens with two attached hydrogens (primary N) is 1. The number of aromatic hydroxyl groups is 1. The second kappa shape index (κ2) is 11.4. The van der Waals surface area contributed by atoms with Crippen molar-refractivity contribution in [1.29, 1.82) is 0 Å². The molecule has 0 spiro atoms. The monoisotopic (exact) mass is 640 g/mol. The van der Waals surface area contributed by atoms with Crippen molar-refractivity contribution >= 4 is 40.9 Å². The molecule has 0 heterocycles. The van der Waals surface area contributed by atoms with Crippen LogP contribution in [0.3, 0.4) is 0 Å². The largest absolute Gasteiger partial charge is 0.510 e. The van der Waals surface area contributed by atoms with Crippen molar-refractivity contribution in [3.05, 3.63) is 74.7 Å². The Labute approximate surface area is 263 Å². The number of aliphatic hydroxyl groups is 3. The Hall–Kier alpha value is -4.59. The van der Waals surface area contributed by atoms with Crippen LogP contribution in [-0.2, 0) is 22.6 Å². The Balaban J connectivity index is 1.56. The summed E-state index contributed by atoms with van der Waals surface area (Å²) >= 11 is 5.86. The predicted molar refractivity (Wildman–Crippen MR) is 162 cm³/mol. The van der Waals surface area contributed by atoms with Gasteiger partial charge in [-0.2, -0.15) is 0 Å². The number of phenols is 1. The highest BCUT2D eigenvalue weighted by atomic mass is 35.5. The molecule has 0 fully saturated rings. The van der Waals surface area contributed by atoms with E-state index < -0.39 is 69.9 Å². The zero-order valence-corrected chi connectivity index (χ0v) is 25.7. The highest BCUT2D eigenvalue weighted by Crippen LogP contribution is 2.53. The number of rotatable bonds is 6. The number of primary amides is 1. The second-order valence-electron chi connectivity index (χ2n) is 11.8. The van der Waals surface area contributed by atoms with Crippen LogP contribution in [0, 0.1) is 11.8 Å². The van der Waals surface area contributed by atoms with Crippen molar-refractivity contribution in [2.24, 2.45) is 17.6 Å². The maximum Gasteiger partial charge on any atom is 0.412 e. The topological polar surface area (TPSA) is 203 Å². The molecule has 3 aliphatic carbocycles. The third-order valence-corrected chi connectivity index (χ3v) is 8.96. The number of phenolic OH excluding ortho intramolecular Hbond substituents is 1. The van der Waals surface area contributed by atoms with Crippen molar-refractivity contribution < 1.29 is 44.3 Å². The lowest BCUT2D eigenvalue weighted by atomic mass is 9.58. The van der Waals surface area contributed by atoms with E-state index in [4.69, 9.17) is 22.1 Å². The van der Waals surface area contributed by atoms with E-state index in [-0.39, 0.29) is 41.8 Å². The summed E-state index contributed by atoms with van der Waals surface area (Å²) in [4.78, 5) is 55.5. The number of nitrogens with zero attached hydrogens (tertiary/aromatic N) is 2. The van der Waals surface area contributed by atoms with Gasteiger partial charge >= 0.3 is 6.09 Å². The average Bonchev–Trinajstić information content (AvgIpc) is 2.95. The van der Waals surface area contributed by atoms with Gasteiger partial charge in [0.1, 0.15) is 28.6 Å². The van der Waals surface area contributed by atoms with Crippen LogP contribution >= 0.6 is 11.6 Å². The Bertz CT molecular complexity index is 1700. The minimum Gasteiger partial charge on any atom is -0.510 e. The van der Waals surface area contributed by atoms with E-state index in [0.29, 0.717) is 16.3 Å². The quantitative estimate of drug-likeness (QED) is 0.252. The van der Waals surface area contributed by atoms with Crippen LogP contribution < -0.4 is 20.7 Å². The fourth-order valence-corrected chi connectivity index (χ4v) is 6.83. The number of aliphatic hydroxyl groups excluding tert-OH is 2. The first kappa shape index (κ1) is 31.8. The molecule has 0 saturated heterocycles. The van der Waals surface area contributed by atoms with Crippen LogP contribution in [0.25, 0.3) is 0 Å². The van der Waals surface area contributed by atoms with Crippen molar-refractivity contribution in [2.45, 2.75) is 31.0 Å². The zero-order chi connectivity index (χ0) is 33.1. The van der Waals surface area contributed by atoms with Gasteiger partial charge in [-0.3, -0.25) is 19.3 Å².